The lowest BCUT2D eigenvalue weighted by molar-refractivity contribution is 0.160. The molecule has 0 saturated carbocycles. The first-order valence-corrected chi connectivity index (χ1v) is 8.27. The maximum absolute atomic E-state index is 9.92. The van der Waals surface area contributed by atoms with Crippen LogP contribution in [-0.2, 0) is 18.4 Å². The minimum absolute atomic E-state index is 0.0718. The largest absolute Gasteiger partial charge is 0.394 e. The van der Waals surface area contributed by atoms with Crippen LogP contribution in [0, 0.1) is 4.64 Å². The van der Waals surface area contributed by atoms with Gasteiger partial charge in [-0.15, -0.1) is 0 Å². The smallest absolute Gasteiger partial charge is 0.142 e. The molecule has 4 heteroatoms. The molecule has 0 fully saturated rings. The zero-order chi connectivity index (χ0) is 15.7. The molecule has 0 saturated heterocycles. The molecule has 3 nitrogen and oxygen atoms in total. The van der Waals surface area contributed by atoms with E-state index in [0.717, 1.165) is 28.9 Å². The molecule has 1 N–H and O–H groups in total. The van der Waals surface area contributed by atoms with Crippen LogP contribution < -0.4 is 0 Å². The molecule has 3 rings (SSSR count). The van der Waals surface area contributed by atoms with Crippen molar-refractivity contribution in [1.82, 2.24) is 9.55 Å². The number of aliphatic hydroxyl groups excluding tert-OH is 1. The summed E-state index contributed by atoms with van der Waals surface area (Å²) in [4.78, 5) is 4.74. The first kappa shape index (κ1) is 15.4. The van der Waals surface area contributed by atoms with Crippen LogP contribution in [0.3, 0.4) is 0 Å². The van der Waals surface area contributed by atoms with Crippen molar-refractivity contribution < 1.29 is 5.11 Å². The predicted molar refractivity (Wildman–Crippen MR) is 91.5 cm³/mol. The molecule has 0 bridgehead atoms. The lowest BCUT2D eigenvalue weighted by Crippen LogP contribution is -2.36. The standard InChI is InChI=1S/C18H22N2OS/c1-18(2,12-21)20-15-11-7-6-10-14(15)17(22)19-16(20)13-8-4-3-5-9-13/h3-5,8-9,21H,6-7,10-12H2,1-2H3. The number of hydrogen-bond donors (Lipinski definition) is 1. The molecule has 1 aliphatic rings. The number of rotatable bonds is 3. The molecular formula is C18H22N2OS. The maximum atomic E-state index is 9.92. The fourth-order valence-corrected chi connectivity index (χ4v) is 3.52. The van der Waals surface area contributed by atoms with Crippen molar-refractivity contribution in [2.45, 2.75) is 45.1 Å². The van der Waals surface area contributed by atoms with Gasteiger partial charge in [0.25, 0.3) is 0 Å². The van der Waals surface area contributed by atoms with Crippen LogP contribution in [0.2, 0.25) is 0 Å². The highest BCUT2D eigenvalue weighted by Crippen LogP contribution is 2.32. The number of nitrogens with zero attached hydrogens (tertiary/aromatic N) is 2. The Balaban J connectivity index is 2.34. The van der Waals surface area contributed by atoms with Gasteiger partial charge in [0.05, 0.1) is 12.1 Å². The molecule has 116 valence electrons. The predicted octanol–water partition coefficient (Wildman–Crippen LogP) is 3.89. The molecule has 1 aromatic carbocycles. The minimum Gasteiger partial charge on any atom is -0.394 e. The Hall–Kier alpha value is -1.52. The molecule has 0 radical (unpaired) electrons. The van der Waals surface area contributed by atoms with E-state index < -0.39 is 5.54 Å². The summed E-state index contributed by atoms with van der Waals surface area (Å²) >= 11 is 5.56. The molecule has 0 amide bonds. The van der Waals surface area contributed by atoms with E-state index in [9.17, 15) is 5.11 Å². The Morgan fingerprint density at radius 1 is 1.18 bits per heavy atom. The molecule has 1 heterocycles. The Morgan fingerprint density at radius 3 is 2.55 bits per heavy atom. The molecule has 2 aromatic rings. The van der Waals surface area contributed by atoms with Gasteiger partial charge in [-0.3, -0.25) is 0 Å². The van der Waals surface area contributed by atoms with Gasteiger partial charge in [0.2, 0.25) is 0 Å². The van der Waals surface area contributed by atoms with Crippen LogP contribution in [0.1, 0.15) is 37.9 Å². The highest BCUT2D eigenvalue weighted by Gasteiger charge is 2.28. The average molecular weight is 314 g/mol. The normalized spacial score (nSPS) is 14.7. The van der Waals surface area contributed by atoms with Crippen molar-refractivity contribution in [3.63, 3.8) is 0 Å². The van der Waals surface area contributed by atoms with Gasteiger partial charge in [-0.05, 0) is 39.5 Å². The van der Waals surface area contributed by atoms with Crippen LogP contribution in [-0.4, -0.2) is 21.3 Å². The highest BCUT2D eigenvalue weighted by atomic mass is 32.1. The summed E-state index contributed by atoms with van der Waals surface area (Å²) in [5, 5.41) is 9.92. The van der Waals surface area contributed by atoms with E-state index >= 15 is 0 Å². The fraction of sp³-hybridized carbons (Fsp3) is 0.444. The molecular weight excluding hydrogens is 292 g/mol. The topological polar surface area (TPSA) is 38.0 Å². The number of hydrogen-bond acceptors (Lipinski definition) is 3. The van der Waals surface area contributed by atoms with Gasteiger partial charge in [0.1, 0.15) is 10.5 Å². The van der Waals surface area contributed by atoms with Crippen molar-refractivity contribution in [3.8, 4) is 11.4 Å². The van der Waals surface area contributed by atoms with Crippen molar-refractivity contribution in [2.75, 3.05) is 6.61 Å². The third-order valence-electron chi connectivity index (χ3n) is 4.41. The number of aliphatic hydroxyl groups is 1. The Bertz CT molecular complexity index is 735. The lowest BCUT2D eigenvalue weighted by atomic mass is 9.93. The van der Waals surface area contributed by atoms with E-state index in [4.69, 9.17) is 17.2 Å². The Labute approximate surface area is 136 Å². The van der Waals surface area contributed by atoms with Crippen molar-refractivity contribution in [2.24, 2.45) is 0 Å². The number of benzene rings is 1. The second-order valence-corrected chi connectivity index (χ2v) is 6.93. The lowest BCUT2D eigenvalue weighted by Gasteiger charge is -2.34. The average Bonchev–Trinajstić information content (AvgIpc) is 2.55. The molecule has 1 aromatic heterocycles. The fourth-order valence-electron chi connectivity index (χ4n) is 3.21. The second-order valence-electron chi connectivity index (χ2n) is 6.54. The van der Waals surface area contributed by atoms with Gasteiger partial charge in [0, 0.05) is 16.8 Å². The van der Waals surface area contributed by atoms with Gasteiger partial charge in [-0.1, -0.05) is 42.5 Å². The summed E-state index contributed by atoms with van der Waals surface area (Å²) in [6.45, 7) is 4.18. The quantitative estimate of drug-likeness (QED) is 0.874. The molecule has 0 aliphatic heterocycles. The van der Waals surface area contributed by atoms with E-state index in [-0.39, 0.29) is 6.61 Å². The summed E-state index contributed by atoms with van der Waals surface area (Å²) in [6.07, 6.45) is 4.34. The van der Waals surface area contributed by atoms with Crippen LogP contribution >= 0.6 is 12.2 Å². The van der Waals surface area contributed by atoms with Crippen molar-refractivity contribution in [1.29, 1.82) is 0 Å². The third kappa shape index (κ3) is 2.61. The first-order chi connectivity index (χ1) is 10.5. The summed E-state index contributed by atoms with van der Waals surface area (Å²) < 4.78 is 2.94. The van der Waals surface area contributed by atoms with Crippen molar-refractivity contribution in [3.05, 3.63) is 46.2 Å². The first-order valence-electron chi connectivity index (χ1n) is 7.86. The van der Waals surface area contributed by atoms with Gasteiger partial charge >= 0.3 is 0 Å². The van der Waals surface area contributed by atoms with Gasteiger partial charge in [-0.2, -0.15) is 0 Å². The number of fused-ring (bicyclic) bond motifs is 1. The van der Waals surface area contributed by atoms with E-state index in [1.165, 1.54) is 24.1 Å². The van der Waals surface area contributed by atoms with Crippen molar-refractivity contribution >= 4 is 12.2 Å². The highest BCUT2D eigenvalue weighted by molar-refractivity contribution is 7.71. The summed E-state index contributed by atoms with van der Waals surface area (Å²) in [6, 6.07) is 10.1. The van der Waals surface area contributed by atoms with E-state index in [2.05, 4.69) is 30.5 Å². The van der Waals surface area contributed by atoms with Crippen LogP contribution in [0.4, 0.5) is 0 Å². The van der Waals surface area contributed by atoms with Gasteiger partial charge in [0.15, 0.2) is 0 Å². The maximum Gasteiger partial charge on any atom is 0.142 e. The number of aromatic nitrogens is 2. The monoisotopic (exact) mass is 314 g/mol. The molecule has 22 heavy (non-hydrogen) atoms. The summed E-state index contributed by atoms with van der Waals surface area (Å²) in [5.74, 6) is 0.866. The minimum atomic E-state index is -0.400. The zero-order valence-electron chi connectivity index (χ0n) is 13.2. The molecule has 0 unspecified atom stereocenters. The van der Waals surface area contributed by atoms with E-state index in [0.29, 0.717) is 0 Å². The SMILES string of the molecule is CC(C)(CO)n1c(-c2ccccc2)nc(=S)c2c1CCCC2. The second kappa shape index (κ2) is 5.94. The molecule has 0 atom stereocenters. The van der Waals surface area contributed by atoms with E-state index in [1.54, 1.807) is 0 Å². The van der Waals surface area contributed by atoms with Crippen LogP contribution in [0.15, 0.2) is 30.3 Å². The zero-order valence-corrected chi connectivity index (χ0v) is 14.0. The van der Waals surface area contributed by atoms with Crippen LogP contribution in [0.5, 0.6) is 0 Å². The molecule has 0 spiro atoms. The van der Waals surface area contributed by atoms with Gasteiger partial charge < -0.3 is 9.67 Å². The Kier molecular flexibility index (Phi) is 4.15. The third-order valence-corrected chi connectivity index (χ3v) is 4.75. The molecule has 1 aliphatic carbocycles. The summed E-state index contributed by atoms with van der Waals surface area (Å²) in [7, 11) is 0. The Morgan fingerprint density at radius 2 is 1.86 bits per heavy atom. The van der Waals surface area contributed by atoms with Gasteiger partial charge in [-0.25, -0.2) is 4.98 Å². The van der Waals surface area contributed by atoms with Crippen LogP contribution in [0.25, 0.3) is 11.4 Å². The summed E-state index contributed by atoms with van der Waals surface area (Å²) in [5.41, 5.74) is 3.10. The van der Waals surface area contributed by atoms with E-state index in [1.807, 2.05) is 18.2 Å².